The Morgan fingerprint density at radius 1 is 1.03 bits per heavy atom. The Morgan fingerprint density at radius 3 is 2.47 bits per heavy atom. The first-order valence-corrected chi connectivity index (χ1v) is 13.4. The van der Waals surface area contributed by atoms with Gasteiger partial charge in [0.2, 0.25) is 0 Å². The molecular formula is C26H21Cl2N3O6S. The quantitative estimate of drug-likeness (QED) is 0.155. The molecule has 4 aromatic rings. The number of aryl methyl sites for hydroxylation is 1. The van der Waals surface area contributed by atoms with Crippen LogP contribution in [-0.4, -0.2) is 30.6 Å². The third-order valence-corrected chi connectivity index (χ3v) is 7.47. The van der Waals surface area contributed by atoms with Gasteiger partial charge in [-0.25, -0.2) is 0 Å². The summed E-state index contributed by atoms with van der Waals surface area (Å²) in [6.45, 7) is 3.65. The minimum atomic E-state index is -4.63. The number of carbonyl (C=O) groups excluding carboxylic acids is 1. The van der Waals surface area contributed by atoms with Crippen molar-refractivity contribution in [3.63, 3.8) is 0 Å². The van der Waals surface area contributed by atoms with E-state index in [1.807, 2.05) is 0 Å². The van der Waals surface area contributed by atoms with Crippen LogP contribution in [0.5, 0.6) is 11.5 Å². The van der Waals surface area contributed by atoms with Gasteiger partial charge < -0.3 is 15.2 Å². The average Bonchev–Trinajstić information content (AvgIpc) is 2.86. The molecule has 12 heteroatoms. The fourth-order valence-electron chi connectivity index (χ4n) is 3.80. The van der Waals surface area contributed by atoms with Crippen LogP contribution in [0.25, 0.3) is 10.8 Å². The number of carbonyl (C=O) groups is 1. The number of phenols is 1. The van der Waals surface area contributed by atoms with E-state index in [0.29, 0.717) is 23.1 Å². The van der Waals surface area contributed by atoms with Crippen molar-refractivity contribution in [2.45, 2.75) is 18.7 Å². The lowest BCUT2D eigenvalue weighted by Crippen LogP contribution is -2.13. The third kappa shape index (κ3) is 5.44. The Bertz CT molecular complexity index is 1710. The van der Waals surface area contributed by atoms with Gasteiger partial charge in [0, 0.05) is 5.39 Å². The molecular weight excluding hydrogens is 553 g/mol. The number of phenolic OH excluding ortho intramolecular Hbond substituents is 1. The molecule has 0 spiro atoms. The van der Waals surface area contributed by atoms with Crippen LogP contribution in [0.1, 0.15) is 22.8 Å². The Morgan fingerprint density at radius 2 is 1.76 bits per heavy atom. The van der Waals surface area contributed by atoms with E-state index >= 15 is 0 Å². The number of rotatable bonds is 7. The van der Waals surface area contributed by atoms with Gasteiger partial charge in [0.15, 0.2) is 5.75 Å². The number of aromatic hydroxyl groups is 1. The summed E-state index contributed by atoms with van der Waals surface area (Å²) in [5.74, 6) is -0.744. The van der Waals surface area contributed by atoms with E-state index in [4.69, 9.17) is 27.9 Å². The maximum Gasteiger partial charge on any atom is 0.296 e. The molecule has 0 aliphatic carbocycles. The predicted octanol–water partition coefficient (Wildman–Crippen LogP) is 7.47. The third-order valence-electron chi connectivity index (χ3n) is 5.54. The molecule has 0 radical (unpaired) electrons. The standard InChI is InChI=1S/C26H21Cl2N3O6S/c1-3-37-20-10-6-9-18(21(20)27)29-26(33)17-13-15-7-4-5-8-16(15)23(24(17)32)31-30-19-12-11-14(2)25(22(19)28)38(34,35)36/h4-13,32H,3H2,1-2H3,(H,29,33)(H,34,35,36). The number of fused-ring (bicyclic) bond motifs is 1. The van der Waals surface area contributed by atoms with Gasteiger partial charge in [0.05, 0.1) is 22.9 Å². The lowest BCUT2D eigenvalue weighted by Gasteiger charge is -2.13. The monoisotopic (exact) mass is 573 g/mol. The second-order valence-corrected chi connectivity index (χ2v) is 10.2. The van der Waals surface area contributed by atoms with Crippen LogP contribution in [0.15, 0.2) is 75.8 Å². The normalized spacial score (nSPS) is 11.7. The Labute approximate surface area is 228 Å². The molecule has 1 amide bonds. The number of nitrogens with one attached hydrogen (secondary N) is 1. The predicted molar refractivity (Wildman–Crippen MR) is 146 cm³/mol. The van der Waals surface area contributed by atoms with Gasteiger partial charge in [-0.1, -0.05) is 59.6 Å². The topological polar surface area (TPSA) is 138 Å². The van der Waals surface area contributed by atoms with Crippen LogP contribution in [-0.2, 0) is 10.1 Å². The highest BCUT2D eigenvalue weighted by molar-refractivity contribution is 7.86. The Balaban J connectivity index is 1.80. The average molecular weight is 574 g/mol. The maximum absolute atomic E-state index is 13.2. The summed E-state index contributed by atoms with van der Waals surface area (Å²) in [6, 6.07) is 16.1. The molecule has 0 bridgehead atoms. The van der Waals surface area contributed by atoms with E-state index in [1.54, 1.807) is 49.4 Å². The summed E-state index contributed by atoms with van der Waals surface area (Å²) in [5, 5.41) is 22.8. The molecule has 0 unspecified atom stereocenters. The summed E-state index contributed by atoms with van der Waals surface area (Å²) in [7, 11) is -4.63. The van der Waals surface area contributed by atoms with Crippen molar-refractivity contribution < 1.29 is 27.6 Å². The molecule has 0 fully saturated rings. The van der Waals surface area contributed by atoms with Gasteiger partial charge in [-0.15, -0.1) is 10.2 Å². The van der Waals surface area contributed by atoms with E-state index in [1.165, 1.54) is 25.1 Å². The summed E-state index contributed by atoms with van der Waals surface area (Å²) in [4.78, 5) is 12.7. The highest BCUT2D eigenvalue weighted by Gasteiger charge is 2.22. The van der Waals surface area contributed by atoms with Gasteiger partial charge in [-0.3, -0.25) is 9.35 Å². The number of hydrogen-bond donors (Lipinski definition) is 3. The molecule has 0 saturated heterocycles. The Hall–Kier alpha value is -3.70. The first-order chi connectivity index (χ1) is 18.0. The summed E-state index contributed by atoms with van der Waals surface area (Å²) in [6.07, 6.45) is 0. The zero-order valence-corrected chi connectivity index (χ0v) is 22.4. The fraction of sp³-hybridized carbons (Fsp3) is 0.115. The zero-order valence-electron chi connectivity index (χ0n) is 20.1. The molecule has 9 nitrogen and oxygen atoms in total. The van der Waals surface area contributed by atoms with Crippen molar-refractivity contribution in [2.75, 3.05) is 11.9 Å². The van der Waals surface area contributed by atoms with Crippen LogP contribution >= 0.6 is 23.2 Å². The molecule has 0 aromatic heterocycles. The highest BCUT2D eigenvalue weighted by atomic mass is 35.5. The summed E-state index contributed by atoms with van der Waals surface area (Å²) in [5.41, 5.74) is 0.275. The van der Waals surface area contributed by atoms with Gasteiger partial charge >= 0.3 is 0 Å². The van der Waals surface area contributed by atoms with E-state index in [2.05, 4.69) is 15.5 Å². The zero-order chi connectivity index (χ0) is 27.6. The van der Waals surface area contributed by atoms with Crippen molar-refractivity contribution in [2.24, 2.45) is 10.2 Å². The number of azo groups is 1. The van der Waals surface area contributed by atoms with Crippen molar-refractivity contribution >= 4 is 67.1 Å². The van der Waals surface area contributed by atoms with E-state index < -0.39 is 26.7 Å². The first-order valence-electron chi connectivity index (χ1n) is 11.2. The number of benzene rings is 4. The van der Waals surface area contributed by atoms with Crippen molar-refractivity contribution in [3.8, 4) is 11.5 Å². The molecule has 0 aliphatic heterocycles. The van der Waals surface area contributed by atoms with Crippen LogP contribution < -0.4 is 10.1 Å². The molecule has 0 saturated carbocycles. The molecule has 0 aliphatic rings. The van der Waals surface area contributed by atoms with E-state index in [0.717, 1.165) is 0 Å². The molecule has 196 valence electrons. The first kappa shape index (κ1) is 27.3. The number of nitrogens with zero attached hydrogens (tertiary/aromatic N) is 2. The van der Waals surface area contributed by atoms with Crippen molar-refractivity contribution in [1.82, 2.24) is 0 Å². The SMILES string of the molecule is CCOc1cccc(NC(=O)c2cc3ccccc3c(N=Nc3ccc(C)c(S(=O)(=O)O)c3Cl)c2O)c1Cl. The smallest absolute Gasteiger partial charge is 0.296 e. The number of anilines is 1. The van der Waals surface area contributed by atoms with Crippen molar-refractivity contribution in [1.29, 1.82) is 0 Å². The van der Waals surface area contributed by atoms with Crippen LogP contribution in [0.3, 0.4) is 0 Å². The van der Waals surface area contributed by atoms with Crippen LogP contribution in [0, 0.1) is 6.92 Å². The lowest BCUT2D eigenvalue weighted by atomic mass is 10.0. The molecule has 3 N–H and O–H groups in total. The molecule has 4 aromatic carbocycles. The van der Waals surface area contributed by atoms with Crippen LogP contribution in [0.4, 0.5) is 17.1 Å². The number of hydrogen-bond acceptors (Lipinski definition) is 7. The van der Waals surface area contributed by atoms with E-state index in [-0.39, 0.29) is 38.2 Å². The van der Waals surface area contributed by atoms with Gasteiger partial charge in [0.25, 0.3) is 16.0 Å². The minimum absolute atomic E-state index is 0.0486. The Kier molecular flexibility index (Phi) is 7.89. The van der Waals surface area contributed by atoms with Gasteiger partial charge in [-0.05, 0) is 49.1 Å². The van der Waals surface area contributed by atoms with Crippen LogP contribution in [0.2, 0.25) is 10.0 Å². The van der Waals surface area contributed by atoms with Gasteiger partial charge in [0.1, 0.15) is 27.0 Å². The molecule has 0 heterocycles. The van der Waals surface area contributed by atoms with E-state index in [9.17, 15) is 22.9 Å². The summed E-state index contributed by atoms with van der Waals surface area (Å²) >= 11 is 12.6. The van der Waals surface area contributed by atoms with Gasteiger partial charge in [-0.2, -0.15) is 8.42 Å². The minimum Gasteiger partial charge on any atom is -0.505 e. The number of amides is 1. The number of halogens is 2. The molecule has 0 atom stereocenters. The fourth-order valence-corrected chi connectivity index (χ4v) is 5.37. The lowest BCUT2D eigenvalue weighted by molar-refractivity contribution is 0.102. The molecule has 4 rings (SSSR count). The number of ether oxygens (including phenoxy) is 1. The summed E-state index contributed by atoms with van der Waals surface area (Å²) < 4.78 is 38.6. The second-order valence-electron chi connectivity index (χ2n) is 8.07. The largest absolute Gasteiger partial charge is 0.505 e. The molecule has 38 heavy (non-hydrogen) atoms. The maximum atomic E-state index is 13.2. The van der Waals surface area contributed by atoms with Crippen molar-refractivity contribution in [3.05, 3.63) is 81.8 Å². The second kappa shape index (κ2) is 11.0. The highest BCUT2D eigenvalue weighted by Crippen LogP contribution is 2.42.